The number of aliphatic hydroxyl groups is 1. The number of rotatable bonds is 1. The van der Waals surface area contributed by atoms with Crippen molar-refractivity contribution in [3.05, 3.63) is 34.2 Å². The minimum atomic E-state index is -0.511. The van der Waals surface area contributed by atoms with Crippen LogP contribution in [0.4, 0.5) is 0 Å². The summed E-state index contributed by atoms with van der Waals surface area (Å²) in [6.07, 6.45) is -0.511. The van der Waals surface area contributed by atoms with Gasteiger partial charge in [0.2, 0.25) is 0 Å². The average molecular weight is 178 g/mol. The third kappa shape index (κ3) is 1.36. The molecule has 0 aliphatic carbocycles. The van der Waals surface area contributed by atoms with Crippen LogP contribution in [0, 0.1) is 0 Å². The molecular weight excluding hydrogens is 168 g/mol. The van der Waals surface area contributed by atoms with Crippen LogP contribution in [0.15, 0.2) is 23.0 Å². The van der Waals surface area contributed by atoms with Crippen LogP contribution in [0.2, 0.25) is 0 Å². The monoisotopic (exact) mass is 178 g/mol. The van der Waals surface area contributed by atoms with Crippen molar-refractivity contribution < 1.29 is 5.11 Å². The van der Waals surface area contributed by atoms with E-state index in [1.165, 1.54) is 0 Å². The van der Waals surface area contributed by atoms with Gasteiger partial charge in [0, 0.05) is 0 Å². The molecule has 0 aliphatic rings. The summed E-state index contributed by atoms with van der Waals surface area (Å²) >= 11 is 0. The van der Waals surface area contributed by atoms with E-state index in [0.717, 1.165) is 16.6 Å². The molecule has 0 spiro atoms. The maximum absolute atomic E-state index is 10.9. The lowest BCUT2D eigenvalue weighted by atomic mass is 10.1. The lowest BCUT2D eigenvalue weighted by Gasteiger charge is -2.02. The zero-order valence-corrected chi connectivity index (χ0v) is 7.16. The fourth-order valence-electron chi connectivity index (χ4n) is 1.31. The fourth-order valence-corrected chi connectivity index (χ4v) is 1.31. The zero-order chi connectivity index (χ0) is 9.42. The predicted octanol–water partition coefficient (Wildman–Crippen LogP) is 0.909. The average Bonchev–Trinajstić information content (AvgIpc) is 2.42. The van der Waals surface area contributed by atoms with Crippen molar-refractivity contribution in [3.63, 3.8) is 0 Å². The minimum absolute atomic E-state index is 0.224. The van der Waals surface area contributed by atoms with Crippen LogP contribution >= 0.6 is 0 Å². The van der Waals surface area contributed by atoms with Crippen LogP contribution in [0.1, 0.15) is 18.6 Å². The molecule has 0 unspecified atom stereocenters. The van der Waals surface area contributed by atoms with Crippen LogP contribution < -0.4 is 5.69 Å². The van der Waals surface area contributed by atoms with Crippen molar-refractivity contribution in [2.45, 2.75) is 13.0 Å². The highest BCUT2D eigenvalue weighted by Crippen LogP contribution is 2.16. The lowest BCUT2D eigenvalue weighted by molar-refractivity contribution is 0.199. The molecule has 1 atom stereocenters. The summed E-state index contributed by atoms with van der Waals surface area (Å²) in [5.74, 6) is 0. The highest BCUT2D eigenvalue weighted by molar-refractivity contribution is 5.75. The molecule has 1 heterocycles. The topological polar surface area (TPSA) is 68.9 Å². The summed E-state index contributed by atoms with van der Waals surface area (Å²) in [5.41, 5.74) is 2.05. The Labute approximate surface area is 74.2 Å². The second kappa shape index (κ2) is 2.74. The van der Waals surface area contributed by atoms with Gasteiger partial charge < -0.3 is 15.1 Å². The Hall–Kier alpha value is -1.55. The van der Waals surface area contributed by atoms with Gasteiger partial charge in [-0.25, -0.2) is 4.79 Å². The second-order valence-corrected chi connectivity index (χ2v) is 3.06. The predicted molar refractivity (Wildman–Crippen MR) is 49.6 cm³/mol. The van der Waals surface area contributed by atoms with Gasteiger partial charge in [-0.15, -0.1) is 0 Å². The van der Waals surface area contributed by atoms with Gasteiger partial charge in [-0.1, -0.05) is 6.07 Å². The molecule has 3 N–H and O–H groups in total. The SMILES string of the molecule is C[C@H](O)c1ccc2[nH]c(=O)[nH]c2c1. The van der Waals surface area contributed by atoms with E-state index < -0.39 is 6.10 Å². The van der Waals surface area contributed by atoms with Crippen molar-refractivity contribution in [1.82, 2.24) is 9.97 Å². The van der Waals surface area contributed by atoms with E-state index >= 15 is 0 Å². The molecule has 0 bridgehead atoms. The van der Waals surface area contributed by atoms with Crippen LogP contribution in [0.3, 0.4) is 0 Å². The highest BCUT2D eigenvalue weighted by atomic mass is 16.3. The van der Waals surface area contributed by atoms with E-state index in [1.807, 2.05) is 0 Å². The van der Waals surface area contributed by atoms with Crippen molar-refractivity contribution in [2.75, 3.05) is 0 Å². The van der Waals surface area contributed by atoms with Gasteiger partial charge in [0.25, 0.3) is 0 Å². The molecule has 2 rings (SSSR count). The van der Waals surface area contributed by atoms with Gasteiger partial charge in [-0.2, -0.15) is 0 Å². The molecule has 0 fully saturated rings. The Morgan fingerprint density at radius 2 is 2.00 bits per heavy atom. The molecule has 0 amide bonds. The van der Waals surface area contributed by atoms with Crippen molar-refractivity contribution in [3.8, 4) is 0 Å². The number of benzene rings is 1. The Bertz CT molecular complexity index is 482. The second-order valence-electron chi connectivity index (χ2n) is 3.06. The van der Waals surface area contributed by atoms with E-state index in [0.29, 0.717) is 0 Å². The Kier molecular flexibility index (Phi) is 1.70. The van der Waals surface area contributed by atoms with Gasteiger partial charge in [-0.3, -0.25) is 0 Å². The number of aromatic nitrogens is 2. The molecule has 4 nitrogen and oxygen atoms in total. The van der Waals surface area contributed by atoms with Crippen molar-refractivity contribution >= 4 is 11.0 Å². The number of imidazole rings is 1. The van der Waals surface area contributed by atoms with Crippen LogP contribution in [0.25, 0.3) is 11.0 Å². The van der Waals surface area contributed by atoms with E-state index in [-0.39, 0.29) is 5.69 Å². The molecule has 0 radical (unpaired) electrons. The normalized spacial score (nSPS) is 13.4. The lowest BCUT2D eigenvalue weighted by Crippen LogP contribution is -1.99. The molecular formula is C9H10N2O2. The maximum atomic E-state index is 10.9. The molecule has 1 aromatic carbocycles. The summed E-state index contributed by atoms with van der Waals surface area (Å²) in [4.78, 5) is 16.2. The molecule has 68 valence electrons. The first-order valence-electron chi connectivity index (χ1n) is 4.07. The van der Waals surface area contributed by atoms with E-state index in [4.69, 9.17) is 0 Å². The largest absolute Gasteiger partial charge is 0.389 e. The Morgan fingerprint density at radius 3 is 2.69 bits per heavy atom. The van der Waals surface area contributed by atoms with Gasteiger partial charge in [0.1, 0.15) is 0 Å². The first kappa shape index (κ1) is 8.07. The molecule has 13 heavy (non-hydrogen) atoms. The first-order chi connectivity index (χ1) is 6.16. The number of aromatic amines is 2. The summed E-state index contributed by atoms with van der Waals surface area (Å²) in [7, 11) is 0. The summed E-state index contributed by atoms with van der Waals surface area (Å²) in [6, 6.07) is 5.32. The highest BCUT2D eigenvalue weighted by Gasteiger charge is 2.03. The number of nitrogens with one attached hydrogen (secondary N) is 2. The summed E-state index contributed by atoms with van der Waals surface area (Å²) in [6.45, 7) is 1.69. The van der Waals surface area contributed by atoms with Crippen LogP contribution in [-0.2, 0) is 0 Å². The van der Waals surface area contributed by atoms with Crippen molar-refractivity contribution in [1.29, 1.82) is 0 Å². The van der Waals surface area contributed by atoms with Crippen LogP contribution in [0.5, 0.6) is 0 Å². The summed E-state index contributed by atoms with van der Waals surface area (Å²) in [5, 5.41) is 9.29. The standard InChI is InChI=1S/C9H10N2O2/c1-5(12)6-2-3-7-8(4-6)11-9(13)10-7/h2-5,12H,1H3,(H2,10,11,13)/t5-/m0/s1. The van der Waals surface area contributed by atoms with E-state index in [9.17, 15) is 9.90 Å². The third-order valence-electron chi connectivity index (χ3n) is 2.02. The van der Waals surface area contributed by atoms with Crippen LogP contribution in [-0.4, -0.2) is 15.1 Å². The molecule has 4 heteroatoms. The maximum Gasteiger partial charge on any atom is 0.323 e. The van der Waals surface area contributed by atoms with E-state index in [2.05, 4.69) is 9.97 Å². The Balaban J connectivity index is 2.68. The van der Waals surface area contributed by atoms with Gasteiger partial charge in [-0.05, 0) is 24.6 Å². The smallest absolute Gasteiger partial charge is 0.323 e. The Morgan fingerprint density at radius 1 is 1.31 bits per heavy atom. The fraction of sp³-hybridized carbons (Fsp3) is 0.222. The van der Waals surface area contributed by atoms with E-state index in [1.54, 1.807) is 25.1 Å². The third-order valence-corrected chi connectivity index (χ3v) is 2.02. The number of hydrogen-bond acceptors (Lipinski definition) is 2. The zero-order valence-electron chi connectivity index (χ0n) is 7.16. The number of aliphatic hydroxyl groups excluding tert-OH is 1. The minimum Gasteiger partial charge on any atom is -0.389 e. The molecule has 0 saturated heterocycles. The molecule has 1 aromatic heterocycles. The number of hydrogen-bond donors (Lipinski definition) is 3. The van der Waals surface area contributed by atoms with Gasteiger partial charge in [0.15, 0.2) is 0 Å². The van der Waals surface area contributed by atoms with Gasteiger partial charge >= 0.3 is 5.69 Å². The number of fused-ring (bicyclic) bond motifs is 1. The van der Waals surface area contributed by atoms with Gasteiger partial charge in [0.05, 0.1) is 17.1 Å². The molecule has 2 aromatic rings. The quantitative estimate of drug-likeness (QED) is 0.607. The summed E-state index contributed by atoms with van der Waals surface area (Å²) < 4.78 is 0. The molecule has 0 saturated carbocycles. The number of H-pyrrole nitrogens is 2. The molecule has 0 aliphatic heterocycles. The van der Waals surface area contributed by atoms with Crippen molar-refractivity contribution in [2.24, 2.45) is 0 Å². The first-order valence-corrected chi connectivity index (χ1v) is 4.07.